The molecule has 8 heavy (non-hydrogen) atoms. The monoisotopic (exact) mass is 237 g/mol. The highest BCUT2D eigenvalue weighted by molar-refractivity contribution is 9.13. The molecule has 0 atom stereocenters. The molecule has 1 aromatic rings. The van der Waals surface area contributed by atoms with Crippen molar-refractivity contribution in [2.24, 2.45) is 7.05 Å². The summed E-state index contributed by atoms with van der Waals surface area (Å²) in [5, 5.41) is 0. The number of rotatable bonds is 0. The van der Waals surface area contributed by atoms with E-state index in [-0.39, 0.29) is 0 Å². The second kappa shape index (κ2) is 2.23. The lowest BCUT2D eigenvalue weighted by atomic mass is 10.7. The maximum absolute atomic E-state index is 3.37. The second-order valence-electron chi connectivity index (χ2n) is 1.57. The van der Waals surface area contributed by atoms with Crippen LogP contribution in [0.1, 0.15) is 0 Å². The van der Waals surface area contributed by atoms with Gasteiger partial charge in [0.1, 0.15) is 0 Å². The molecule has 1 heterocycles. The molecule has 1 aromatic heterocycles. The molecule has 0 spiro atoms. The fourth-order valence-electron chi connectivity index (χ4n) is 0.480. The molecule has 0 radical (unpaired) electrons. The Morgan fingerprint density at radius 1 is 1.50 bits per heavy atom. The van der Waals surface area contributed by atoms with Gasteiger partial charge in [0, 0.05) is 17.7 Å². The number of halogens is 2. The van der Waals surface area contributed by atoms with Crippen LogP contribution >= 0.6 is 31.9 Å². The summed E-state index contributed by atoms with van der Waals surface area (Å²) in [6.45, 7) is 0. The zero-order valence-electron chi connectivity index (χ0n) is 4.36. The summed E-state index contributed by atoms with van der Waals surface area (Å²) in [5.74, 6) is 0. The Hall–Kier alpha value is 0.240. The molecule has 0 saturated carbocycles. The van der Waals surface area contributed by atoms with Crippen LogP contribution in [0, 0.1) is 0 Å². The van der Waals surface area contributed by atoms with Gasteiger partial charge >= 0.3 is 0 Å². The molecule has 3 heteroatoms. The van der Waals surface area contributed by atoms with E-state index in [2.05, 4.69) is 31.9 Å². The molecule has 0 saturated heterocycles. The van der Waals surface area contributed by atoms with Crippen LogP contribution in [0.2, 0.25) is 0 Å². The van der Waals surface area contributed by atoms with Crippen LogP contribution in [-0.4, -0.2) is 4.57 Å². The van der Waals surface area contributed by atoms with E-state index in [0.29, 0.717) is 0 Å². The van der Waals surface area contributed by atoms with Gasteiger partial charge < -0.3 is 4.57 Å². The highest BCUT2D eigenvalue weighted by atomic mass is 79.9. The molecule has 0 aliphatic rings. The first-order valence-corrected chi connectivity index (χ1v) is 3.76. The minimum absolute atomic E-state index is 1.08. The smallest absolute Gasteiger partial charge is 0.0987 e. The van der Waals surface area contributed by atoms with Gasteiger partial charge in [-0.2, -0.15) is 0 Å². The lowest BCUT2D eigenvalue weighted by Gasteiger charge is -1.90. The lowest BCUT2D eigenvalue weighted by molar-refractivity contribution is 0.899. The van der Waals surface area contributed by atoms with Crippen molar-refractivity contribution in [1.82, 2.24) is 4.57 Å². The molecule has 0 aliphatic heterocycles. The Bertz CT molecular complexity index is 173. The van der Waals surface area contributed by atoms with E-state index in [1.165, 1.54) is 0 Å². The van der Waals surface area contributed by atoms with E-state index in [4.69, 9.17) is 0 Å². The van der Waals surface area contributed by atoms with E-state index in [1.54, 1.807) is 0 Å². The van der Waals surface area contributed by atoms with Crippen LogP contribution in [0.5, 0.6) is 0 Å². The first-order chi connectivity index (χ1) is 3.72. The molecule has 0 aromatic carbocycles. The van der Waals surface area contributed by atoms with Crippen LogP contribution in [0.15, 0.2) is 21.3 Å². The maximum atomic E-state index is 3.37. The van der Waals surface area contributed by atoms with Crippen LogP contribution in [-0.2, 0) is 7.05 Å². The molecule has 44 valence electrons. The minimum atomic E-state index is 1.08. The van der Waals surface area contributed by atoms with Gasteiger partial charge in [-0.05, 0) is 37.9 Å². The fourth-order valence-corrected chi connectivity index (χ4v) is 1.13. The molecule has 0 fully saturated rings. The maximum Gasteiger partial charge on any atom is 0.0987 e. The van der Waals surface area contributed by atoms with Crippen LogP contribution in [0.3, 0.4) is 0 Å². The molecular weight excluding hydrogens is 234 g/mol. The Labute approximate surface area is 65.0 Å². The van der Waals surface area contributed by atoms with Crippen LogP contribution in [0.25, 0.3) is 0 Å². The zero-order valence-corrected chi connectivity index (χ0v) is 7.53. The Kier molecular flexibility index (Phi) is 1.77. The molecule has 0 amide bonds. The molecular formula is C5H5Br2N. The quantitative estimate of drug-likeness (QED) is 0.655. The standard InChI is InChI=1S/C5H5Br2N/c1-8-3-2-4(6)5(8)7/h2-3H,1H3. The van der Waals surface area contributed by atoms with Gasteiger partial charge in [0.15, 0.2) is 0 Å². The molecule has 0 bridgehead atoms. The van der Waals surface area contributed by atoms with Gasteiger partial charge in [0.05, 0.1) is 4.60 Å². The van der Waals surface area contributed by atoms with E-state index in [1.807, 2.05) is 23.9 Å². The third-order valence-electron chi connectivity index (χ3n) is 0.951. The number of nitrogens with zero attached hydrogens (tertiary/aromatic N) is 1. The highest BCUT2D eigenvalue weighted by Crippen LogP contribution is 2.22. The average molecular weight is 239 g/mol. The largest absolute Gasteiger partial charge is 0.344 e. The van der Waals surface area contributed by atoms with Gasteiger partial charge in [-0.3, -0.25) is 0 Å². The number of aryl methyl sites for hydroxylation is 1. The molecule has 1 rings (SSSR count). The Morgan fingerprint density at radius 2 is 2.12 bits per heavy atom. The predicted molar refractivity (Wildman–Crippen MR) is 40.8 cm³/mol. The summed E-state index contributed by atoms with van der Waals surface area (Å²) in [6, 6.07) is 1.99. The van der Waals surface area contributed by atoms with Crippen molar-refractivity contribution in [3.8, 4) is 0 Å². The van der Waals surface area contributed by atoms with Crippen molar-refractivity contribution in [3.63, 3.8) is 0 Å². The average Bonchev–Trinajstić information content (AvgIpc) is 1.98. The van der Waals surface area contributed by atoms with Crippen molar-refractivity contribution in [1.29, 1.82) is 0 Å². The normalized spacial score (nSPS) is 9.88. The van der Waals surface area contributed by atoms with Gasteiger partial charge in [-0.25, -0.2) is 0 Å². The summed E-state index contributed by atoms with van der Waals surface area (Å²) in [6.07, 6.45) is 1.98. The number of hydrogen-bond acceptors (Lipinski definition) is 0. The van der Waals surface area contributed by atoms with Gasteiger partial charge in [-0.1, -0.05) is 0 Å². The van der Waals surface area contributed by atoms with E-state index < -0.39 is 0 Å². The summed E-state index contributed by atoms with van der Waals surface area (Å²) in [5.41, 5.74) is 0. The van der Waals surface area contributed by atoms with E-state index in [0.717, 1.165) is 9.08 Å². The second-order valence-corrected chi connectivity index (χ2v) is 3.17. The van der Waals surface area contributed by atoms with Gasteiger partial charge in [0.2, 0.25) is 0 Å². The highest BCUT2D eigenvalue weighted by Gasteiger charge is 1.96. The summed E-state index contributed by atoms with van der Waals surface area (Å²) in [4.78, 5) is 0. The van der Waals surface area contributed by atoms with Crippen molar-refractivity contribution < 1.29 is 0 Å². The van der Waals surface area contributed by atoms with E-state index in [9.17, 15) is 0 Å². The molecule has 1 nitrogen and oxygen atoms in total. The van der Waals surface area contributed by atoms with E-state index >= 15 is 0 Å². The lowest BCUT2D eigenvalue weighted by Crippen LogP contribution is -1.81. The molecule has 0 N–H and O–H groups in total. The van der Waals surface area contributed by atoms with Crippen LogP contribution in [0.4, 0.5) is 0 Å². The number of hydrogen-bond donors (Lipinski definition) is 0. The Balaban J connectivity index is 3.19. The van der Waals surface area contributed by atoms with Crippen molar-refractivity contribution in [2.45, 2.75) is 0 Å². The first-order valence-electron chi connectivity index (χ1n) is 2.18. The van der Waals surface area contributed by atoms with Crippen LogP contribution < -0.4 is 0 Å². The predicted octanol–water partition coefficient (Wildman–Crippen LogP) is 2.55. The Morgan fingerprint density at radius 3 is 2.25 bits per heavy atom. The third-order valence-corrected chi connectivity index (χ3v) is 3.11. The van der Waals surface area contributed by atoms with Gasteiger partial charge in [-0.15, -0.1) is 0 Å². The van der Waals surface area contributed by atoms with Crippen molar-refractivity contribution >= 4 is 31.9 Å². The minimum Gasteiger partial charge on any atom is -0.344 e. The number of aromatic nitrogens is 1. The fraction of sp³-hybridized carbons (Fsp3) is 0.200. The van der Waals surface area contributed by atoms with Crippen molar-refractivity contribution in [2.75, 3.05) is 0 Å². The topological polar surface area (TPSA) is 4.93 Å². The van der Waals surface area contributed by atoms with Crippen molar-refractivity contribution in [3.05, 3.63) is 21.3 Å². The summed E-state index contributed by atoms with van der Waals surface area (Å²) in [7, 11) is 1.98. The van der Waals surface area contributed by atoms with Gasteiger partial charge in [0.25, 0.3) is 0 Å². The SMILES string of the molecule is Cn1ccc(Br)c1Br. The first kappa shape index (κ1) is 6.36. The molecule has 0 aliphatic carbocycles. The third kappa shape index (κ3) is 0.977. The summed E-state index contributed by atoms with van der Waals surface area (Å²) < 4.78 is 4.17. The zero-order chi connectivity index (χ0) is 6.15. The summed E-state index contributed by atoms with van der Waals surface area (Å²) >= 11 is 6.71. The molecule has 0 unspecified atom stereocenters.